The molecule has 2 aliphatic carbocycles. The fraction of sp³-hybridized carbons (Fsp3) is 0.483. The first kappa shape index (κ1) is 24.9. The number of rotatable bonds is 6. The van der Waals surface area contributed by atoms with Crippen LogP contribution >= 0.6 is 0 Å². The van der Waals surface area contributed by atoms with Gasteiger partial charge in [-0.2, -0.15) is 13.2 Å². The molecule has 1 saturated carbocycles. The van der Waals surface area contributed by atoms with Gasteiger partial charge in [0.15, 0.2) is 0 Å². The van der Waals surface area contributed by atoms with E-state index in [-0.39, 0.29) is 17.5 Å². The van der Waals surface area contributed by atoms with Crippen LogP contribution < -0.4 is 5.32 Å². The van der Waals surface area contributed by atoms with Gasteiger partial charge in [-0.05, 0) is 100 Å². The first-order valence-electron chi connectivity index (χ1n) is 13.1. The van der Waals surface area contributed by atoms with Crippen LogP contribution in [0.3, 0.4) is 0 Å². The summed E-state index contributed by atoms with van der Waals surface area (Å²) in [5, 5.41) is 3.02. The molecule has 1 saturated heterocycles. The van der Waals surface area contributed by atoms with Gasteiger partial charge in [0.05, 0.1) is 11.8 Å². The molecule has 0 bridgehead atoms. The van der Waals surface area contributed by atoms with Crippen LogP contribution in [0.15, 0.2) is 59.2 Å². The van der Waals surface area contributed by atoms with E-state index in [9.17, 15) is 18.0 Å². The van der Waals surface area contributed by atoms with E-state index in [2.05, 4.69) is 22.3 Å². The lowest BCUT2D eigenvalue weighted by atomic mass is 9.83. The van der Waals surface area contributed by atoms with Crippen molar-refractivity contribution < 1.29 is 22.4 Å². The van der Waals surface area contributed by atoms with Gasteiger partial charge in [-0.3, -0.25) is 9.69 Å². The van der Waals surface area contributed by atoms with Crippen LogP contribution in [-0.2, 0) is 6.18 Å². The highest BCUT2D eigenvalue weighted by atomic mass is 19.4. The second-order valence-corrected chi connectivity index (χ2v) is 10.3. The molecule has 1 aromatic rings. The summed E-state index contributed by atoms with van der Waals surface area (Å²) in [4.78, 5) is 15.1. The maximum Gasteiger partial charge on any atom is 0.416 e. The van der Waals surface area contributed by atoms with Crippen LogP contribution in [0, 0.1) is 5.92 Å². The maximum atomic E-state index is 12.8. The predicted octanol–water partition coefficient (Wildman–Crippen LogP) is 7.31. The molecule has 1 atom stereocenters. The summed E-state index contributed by atoms with van der Waals surface area (Å²) in [5.41, 5.74) is 1.96. The minimum Gasteiger partial charge on any atom is -0.464 e. The minimum absolute atomic E-state index is 0.0802. The number of carbonyl (C=O) groups excluding carboxylic acids is 1. The molecule has 5 rings (SSSR count). The third-order valence-electron chi connectivity index (χ3n) is 7.93. The van der Waals surface area contributed by atoms with Crippen LogP contribution in [0.2, 0.25) is 0 Å². The molecule has 0 aromatic heterocycles. The molecule has 1 unspecified atom stereocenters. The Kier molecular flexibility index (Phi) is 7.37. The molecular weight excluding hydrogens is 465 g/mol. The van der Waals surface area contributed by atoms with Gasteiger partial charge >= 0.3 is 6.18 Å². The van der Waals surface area contributed by atoms with E-state index in [1.807, 2.05) is 18.4 Å². The van der Waals surface area contributed by atoms with Crippen molar-refractivity contribution in [2.45, 2.75) is 69.6 Å². The highest BCUT2D eigenvalue weighted by Gasteiger charge is 2.31. The molecule has 1 aromatic carbocycles. The summed E-state index contributed by atoms with van der Waals surface area (Å²) < 4.78 is 44.1. The summed E-state index contributed by atoms with van der Waals surface area (Å²) in [7, 11) is 0. The van der Waals surface area contributed by atoms with Gasteiger partial charge in [0.1, 0.15) is 5.76 Å². The average Bonchev–Trinajstić information content (AvgIpc) is 3.36. The van der Waals surface area contributed by atoms with E-state index in [1.165, 1.54) is 30.5 Å². The zero-order valence-corrected chi connectivity index (χ0v) is 20.4. The third kappa shape index (κ3) is 5.77. The van der Waals surface area contributed by atoms with E-state index in [0.717, 1.165) is 75.1 Å². The van der Waals surface area contributed by atoms with Gasteiger partial charge in [0.25, 0.3) is 5.91 Å². The molecule has 4 aliphatic rings. The summed E-state index contributed by atoms with van der Waals surface area (Å²) in [6.07, 6.45) is 6.25. The Morgan fingerprint density at radius 3 is 2.53 bits per heavy atom. The number of benzene rings is 1. The topological polar surface area (TPSA) is 45.5 Å². The lowest BCUT2D eigenvalue weighted by molar-refractivity contribution is -0.137. The Morgan fingerprint density at radius 1 is 1.00 bits per heavy atom. The zero-order valence-electron chi connectivity index (χ0n) is 20.4. The first-order chi connectivity index (χ1) is 17.4. The monoisotopic (exact) mass is 498 g/mol. The van der Waals surface area contributed by atoms with Crippen molar-refractivity contribution >= 4 is 5.91 Å². The largest absolute Gasteiger partial charge is 0.464 e. The van der Waals surface area contributed by atoms with Crippen molar-refractivity contribution in [1.29, 1.82) is 0 Å². The molecule has 2 heterocycles. The number of amides is 1. The van der Waals surface area contributed by atoms with Crippen molar-refractivity contribution in [3.05, 3.63) is 71.5 Å². The fourth-order valence-electron chi connectivity index (χ4n) is 5.82. The lowest BCUT2D eigenvalue weighted by Crippen LogP contribution is -2.39. The fourth-order valence-corrected chi connectivity index (χ4v) is 5.82. The molecular formula is C29H33F3N2O2. The summed E-state index contributed by atoms with van der Waals surface area (Å²) in [5.74, 6) is 1.27. The first-order valence-corrected chi connectivity index (χ1v) is 13.1. The number of nitrogens with one attached hydrogen (secondary N) is 1. The second-order valence-electron chi connectivity index (χ2n) is 10.3. The van der Waals surface area contributed by atoms with E-state index < -0.39 is 11.7 Å². The Balaban J connectivity index is 1.10. The average molecular weight is 499 g/mol. The van der Waals surface area contributed by atoms with Crippen LogP contribution in [0.4, 0.5) is 13.2 Å². The SMILES string of the molecule is O=C(NC1CCC(CCN2CCCCC2c2coc3cccc-3c2)CC1)c1ccc(C(F)(F)F)cc1. The van der Waals surface area contributed by atoms with Gasteiger partial charge < -0.3 is 9.73 Å². The highest BCUT2D eigenvalue weighted by molar-refractivity contribution is 5.94. The summed E-state index contributed by atoms with van der Waals surface area (Å²) in [6, 6.07) is 13.3. The van der Waals surface area contributed by atoms with Crippen molar-refractivity contribution in [3.63, 3.8) is 0 Å². The standard InChI is InChI=1S/C29H33F3N2O2/c30-29(31,32)24-11-9-21(10-12-24)28(35)33-25-13-7-20(8-14-25)15-17-34-16-2-1-5-26(34)23-18-22-4-3-6-27(22)36-19-23/h3-4,6,9-12,18-20,25-26H,1-2,5,7-8,13-17H2,(H,33,35). The summed E-state index contributed by atoms with van der Waals surface area (Å²) in [6.45, 7) is 2.18. The normalized spacial score (nSPS) is 23.6. The Labute approximate surface area is 210 Å². The maximum absolute atomic E-state index is 12.8. The summed E-state index contributed by atoms with van der Waals surface area (Å²) >= 11 is 0. The van der Waals surface area contributed by atoms with Gasteiger partial charge in [0, 0.05) is 28.8 Å². The number of halogens is 3. The number of likely N-dealkylation sites (tertiary alicyclic amines) is 1. The van der Waals surface area contributed by atoms with E-state index in [1.54, 1.807) is 0 Å². The van der Waals surface area contributed by atoms with Crippen molar-refractivity contribution in [2.75, 3.05) is 13.1 Å². The predicted molar refractivity (Wildman–Crippen MR) is 133 cm³/mol. The van der Waals surface area contributed by atoms with Crippen molar-refractivity contribution in [2.24, 2.45) is 5.92 Å². The third-order valence-corrected chi connectivity index (χ3v) is 7.93. The van der Waals surface area contributed by atoms with E-state index >= 15 is 0 Å². The quantitative estimate of drug-likeness (QED) is 0.388. The number of piperidine rings is 1. The number of fused-ring (bicyclic) bond motifs is 1. The molecule has 2 fully saturated rings. The van der Waals surface area contributed by atoms with Crippen molar-refractivity contribution in [3.8, 4) is 11.3 Å². The van der Waals surface area contributed by atoms with Crippen LogP contribution in [0.5, 0.6) is 0 Å². The Morgan fingerprint density at radius 2 is 1.78 bits per heavy atom. The van der Waals surface area contributed by atoms with Crippen LogP contribution in [0.25, 0.3) is 11.3 Å². The number of hydrogen-bond donors (Lipinski definition) is 1. The second kappa shape index (κ2) is 10.7. The zero-order chi connectivity index (χ0) is 25.1. The van der Waals surface area contributed by atoms with Crippen LogP contribution in [-0.4, -0.2) is 29.9 Å². The van der Waals surface area contributed by atoms with E-state index in [4.69, 9.17) is 4.42 Å². The molecule has 0 radical (unpaired) electrons. The highest BCUT2D eigenvalue weighted by Crippen LogP contribution is 2.36. The molecule has 4 nitrogen and oxygen atoms in total. The molecule has 1 N–H and O–H groups in total. The van der Waals surface area contributed by atoms with Gasteiger partial charge in [0.2, 0.25) is 0 Å². The Bertz CT molecular complexity index is 1120. The molecule has 192 valence electrons. The molecule has 1 amide bonds. The molecule has 7 heteroatoms. The molecule has 0 spiro atoms. The lowest BCUT2D eigenvalue weighted by Gasteiger charge is -2.37. The van der Waals surface area contributed by atoms with Gasteiger partial charge in [-0.15, -0.1) is 0 Å². The molecule has 2 aliphatic heterocycles. The number of nitrogens with zero attached hydrogens (tertiary/aromatic N) is 1. The van der Waals surface area contributed by atoms with E-state index in [0.29, 0.717) is 12.0 Å². The van der Waals surface area contributed by atoms with Gasteiger partial charge in [-0.1, -0.05) is 18.6 Å². The van der Waals surface area contributed by atoms with Crippen LogP contribution in [0.1, 0.15) is 78.9 Å². The number of carbonyl (C=O) groups is 1. The van der Waals surface area contributed by atoms with Gasteiger partial charge in [-0.25, -0.2) is 0 Å². The Hall–Kier alpha value is -2.80. The minimum atomic E-state index is -4.39. The molecule has 36 heavy (non-hydrogen) atoms. The van der Waals surface area contributed by atoms with Crippen molar-refractivity contribution in [1.82, 2.24) is 10.2 Å². The smallest absolute Gasteiger partial charge is 0.416 e. The number of hydrogen-bond acceptors (Lipinski definition) is 3. The number of alkyl halides is 3.